The number of benzene rings is 1. The lowest BCUT2D eigenvalue weighted by atomic mass is 10.1. The van der Waals surface area contributed by atoms with Gasteiger partial charge < -0.3 is 10.2 Å². The van der Waals surface area contributed by atoms with Crippen LogP contribution in [0.25, 0.3) is 0 Å². The molecule has 0 aliphatic carbocycles. The number of anilines is 2. The summed E-state index contributed by atoms with van der Waals surface area (Å²) in [5.41, 5.74) is 2.47. The smallest absolute Gasteiger partial charge is 0.0362 e. The van der Waals surface area contributed by atoms with E-state index in [9.17, 15) is 0 Å². The molecule has 0 aromatic heterocycles. The van der Waals surface area contributed by atoms with Gasteiger partial charge in [0.1, 0.15) is 0 Å². The summed E-state index contributed by atoms with van der Waals surface area (Å²) in [6.07, 6.45) is 3.66. The molecule has 2 heteroatoms. The minimum absolute atomic E-state index is 0.607. The molecule has 1 rings (SSSR count). The van der Waals surface area contributed by atoms with E-state index >= 15 is 0 Å². The predicted molar refractivity (Wildman–Crippen MR) is 73.4 cm³/mol. The third kappa shape index (κ3) is 3.76. The molecular weight excluding hydrogens is 196 g/mol. The number of hydrogen-bond acceptors (Lipinski definition) is 2. The molecule has 0 amide bonds. The second-order valence-electron chi connectivity index (χ2n) is 4.48. The maximum Gasteiger partial charge on any atom is 0.0362 e. The van der Waals surface area contributed by atoms with E-state index < -0.39 is 0 Å². The average Bonchev–Trinajstić information content (AvgIpc) is 2.29. The highest BCUT2D eigenvalue weighted by Gasteiger charge is 2.04. The maximum atomic E-state index is 3.58. The first-order chi connectivity index (χ1) is 7.67. The van der Waals surface area contributed by atoms with Crippen molar-refractivity contribution in [1.29, 1.82) is 0 Å². The molecule has 0 aliphatic rings. The first-order valence-corrected chi connectivity index (χ1v) is 6.21. The summed E-state index contributed by atoms with van der Waals surface area (Å²) in [5.74, 6) is 0. The van der Waals surface area contributed by atoms with Gasteiger partial charge in [0.15, 0.2) is 0 Å². The summed E-state index contributed by atoms with van der Waals surface area (Å²) >= 11 is 0. The molecule has 0 bridgehead atoms. The van der Waals surface area contributed by atoms with Crippen LogP contribution >= 0.6 is 0 Å². The third-order valence-corrected chi connectivity index (χ3v) is 2.88. The van der Waals surface area contributed by atoms with Crippen molar-refractivity contribution in [2.75, 3.05) is 24.3 Å². The van der Waals surface area contributed by atoms with E-state index in [-0.39, 0.29) is 0 Å². The molecule has 1 N–H and O–H groups in total. The van der Waals surface area contributed by atoms with E-state index in [1.807, 2.05) is 0 Å². The second-order valence-corrected chi connectivity index (χ2v) is 4.48. The third-order valence-electron chi connectivity index (χ3n) is 2.88. The molecule has 0 radical (unpaired) electrons. The van der Waals surface area contributed by atoms with Gasteiger partial charge in [0.2, 0.25) is 0 Å². The standard InChI is InChI=1S/C14H24N2/c1-5-7-12(6-2)15-13-8-10-14(11-9-13)16(3)4/h8-12,15H,5-7H2,1-4H3. The fraction of sp³-hybridized carbons (Fsp3) is 0.571. The van der Waals surface area contributed by atoms with Gasteiger partial charge >= 0.3 is 0 Å². The summed E-state index contributed by atoms with van der Waals surface area (Å²) in [4.78, 5) is 2.12. The Morgan fingerprint density at radius 3 is 2.19 bits per heavy atom. The zero-order valence-corrected chi connectivity index (χ0v) is 11.0. The Morgan fingerprint density at radius 1 is 1.12 bits per heavy atom. The van der Waals surface area contributed by atoms with Gasteiger partial charge in [0, 0.05) is 31.5 Å². The van der Waals surface area contributed by atoms with Crippen molar-refractivity contribution in [3.63, 3.8) is 0 Å². The second kappa shape index (κ2) is 6.41. The summed E-state index contributed by atoms with van der Waals surface area (Å²) in [6, 6.07) is 9.23. The first-order valence-electron chi connectivity index (χ1n) is 6.21. The van der Waals surface area contributed by atoms with Gasteiger partial charge in [-0.25, -0.2) is 0 Å². The van der Waals surface area contributed by atoms with Crippen molar-refractivity contribution in [2.45, 2.75) is 39.2 Å². The van der Waals surface area contributed by atoms with Gasteiger partial charge in [0.25, 0.3) is 0 Å². The first kappa shape index (κ1) is 12.9. The lowest BCUT2D eigenvalue weighted by Gasteiger charge is -2.18. The normalized spacial score (nSPS) is 12.2. The molecule has 0 heterocycles. The largest absolute Gasteiger partial charge is 0.382 e. The van der Waals surface area contributed by atoms with Gasteiger partial charge in [-0.3, -0.25) is 0 Å². The topological polar surface area (TPSA) is 15.3 Å². The number of nitrogens with one attached hydrogen (secondary N) is 1. The molecule has 90 valence electrons. The van der Waals surface area contributed by atoms with Crippen molar-refractivity contribution in [3.8, 4) is 0 Å². The molecule has 2 nitrogen and oxygen atoms in total. The molecule has 0 saturated heterocycles. The van der Waals surface area contributed by atoms with Crippen LogP contribution in [0.5, 0.6) is 0 Å². The monoisotopic (exact) mass is 220 g/mol. The van der Waals surface area contributed by atoms with Crippen molar-refractivity contribution in [2.24, 2.45) is 0 Å². The van der Waals surface area contributed by atoms with E-state index in [4.69, 9.17) is 0 Å². The van der Waals surface area contributed by atoms with Crippen molar-refractivity contribution < 1.29 is 0 Å². The Labute approximate surface area is 99.7 Å². The minimum atomic E-state index is 0.607. The fourth-order valence-electron chi connectivity index (χ4n) is 1.82. The van der Waals surface area contributed by atoms with Crippen LogP contribution in [0.4, 0.5) is 11.4 Å². The summed E-state index contributed by atoms with van der Waals surface area (Å²) < 4.78 is 0. The zero-order valence-electron chi connectivity index (χ0n) is 11.0. The van der Waals surface area contributed by atoms with Crippen LogP contribution < -0.4 is 10.2 Å². The molecule has 1 aromatic carbocycles. The Morgan fingerprint density at radius 2 is 1.75 bits per heavy atom. The highest BCUT2D eigenvalue weighted by atomic mass is 15.1. The number of nitrogens with zero attached hydrogens (tertiary/aromatic N) is 1. The van der Waals surface area contributed by atoms with Crippen LogP contribution in [-0.2, 0) is 0 Å². The van der Waals surface area contributed by atoms with E-state index in [1.165, 1.54) is 30.6 Å². The number of hydrogen-bond donors (Lipinski definition) is 1. The Kier molecular flexibility index (Phi) is 5.17. The van der Waals surface area contributed by atoms with Crippen molar-refractivity contribution >= 4 is 11.4 Å². The summed E-state index contributed by atoms with van der Waals surface area (Å²) in [6.45, 7) is 4.47. The van der Waals surface area contributed by atoms with Crippen LogP contribution in [0.1, 0.15) is 33.1 Å². The molecular formula is C14H24N2. The van der Waals surface area contributed by atoms with E-state index in [0.717, 1.165) is 0 Å². The quantitative estimate of drug-likeness (QED) is 0.785. The van der Waals surface area contributed by atoms with Crippen LogP contribution in [0.3, 0.4) is 0 Å². The fourth-order valence-corrected chi connectivity index (χ4v) is 1.82. The summed E-state index contributed by atoms with van der Waals surface area (Å²) in [5, 5.41) is 3.58. The molecule has 1 unspecified atom stereocenters. The van der Waals surface area contributed by atoms with Crippen LogP contribution in [0.15, 0.2) is 24.3 Å². The lowest BCUT2D eigenvalue weighted by molar-refractivity contribution is 0.623. The van der Waals surface area contributed by atoms with E-state index in [1.54, 1.807) is 0 Å². The Hall–Kier alpha value is -1.18. The van der Waals surface area contributed by atoms with Gasteiger partial charge in [-0.2, -0.15) is 0 Å². The molecule has 0 fully saturated rings. The Balaban J connectivity index is 2.60. The maximum absolute atomic E-state index is 3.58. The van der Waals surface area contributed by atoms with E-state index in [2.05, 4.69) is 62.4 Å². The van der Waals surface area contributed by atoms with Crippen LogP contribution in [0, 0.1) is 0 Å². The van der Waals surface area contributed by atoms with Gasteiger partial charge in [-0.1, -0.05) is 20.3 Å². The molecule has 0 aliphatic heterocycles. The molecule has 0 saturated carbocycles. The predicted octanol–water partition coefficient (Wildman–Crippen LogP) is 3.74. The summed E-state index contributed by atoms with van der Waals surface area (Å²) in [7, 11) is 4.13. The van der Waals surface area contributed by atoms with Crippen LogP contribution in [0.2, 0.25) is 0 Å². The van der Waals surface area contributed by atoms with Gasteiger partial charge in [0.05, 0.1) is 0 Å². The highest BCUT2D eigenvalue weighted by Crippen LogP contribution is 2.17. The molecule has 1 atom stereocenters. The molecule has 1 aromatic rings. The van der Waals surface area contributed by atoms with Crippen LogP contribution in [-0.4, -0.2) is 20.1 Å². The Bertz CT molecular complexity index is 290. The zero-order chi connectivity index (χ0) is 12.0. The van der Waals surface area contributed by atoms with Crippen molar-refractivity contribution in [3.05, 3.63) is 24.3 Å². The highest BCUT2D eigenvalue weighted by molar-refractivity contribution is 5.54. The average molecular weight is 220 g/mol. The molecule has 0 spiro atoms. The van der Waals surface area contributed by atoms with Gasteiger partial charge in [-0.05, 0) is 37.1 Å². The minimum Gasteiger partial charge on any atom is -0.382 e. The lowest BCUT2D eigenvalue weighted by Crippen LogP contribution is -2.18. The van der Waals surface area contributed by atoms with Crippen molar-refractivity contribution in [1.82, 2.24) is 0 Å². The van der Waals surface area contributed by atoms with Gasteiger partial charge in [-0.15, -0.1) is 0 Å². The SMILES string of the molecule is CCCC(CC)Nc1ccc(N(C)C)cc1. The van der Waals surface area contributed by atoms with E-state index in [0.29, 0.717) is 6.04 Å². The molecule has 16 heavy (non-hydrogen) atoms. The number of rotatable bonds is 6.